The molecule has 0 saturated heterocycles. The zero-order valence-corrected chi connectivity index (χ0v) is 15.1. The number of carbonyl (C=O) groups excluding carboxylic acids is 1. The third-order valence-corrected chi connectivity index (χ3v) is 4.23. The van der Waals surface area contributed by atoms with Crippen molar-refractivity contribution in [2.75, 3.05) is 27.1 Å². The van der Waals surface area contributed by atoms with Crippen molar-refractivity contribution in [1.29, 1.82) is 0 Å². The van der Waals surface area contributed by atoms with Crippen molar-refractivity contribution in [2.24, 2.45) is 5.92 Å². The van der Waals surface area contributed by atoms with Gasteiger partial charge in [0, 0.05) is 31.3 Å². The third kappa shape index (κ3) is 4.38. The maximum Gasteiger partial charge on any atom is 0.195 e. The zero-order chi connectivity index (χ0) is 18.4. The summed E-state index contributed by atoms with van der Waals surface area (Å²) < 4.78 is 15.7. The Bertz CT molecular complexity index is 708. The van der Waals surface area contributed by atoms with Crippen LogP contribution in [0.15, 0.2) is 42.5 Å². The van der Waals surface area contributed by atoms with E-state index in [2.05, 4.69) is 6.92 Å². The van der Waals surface area contributed by atoms with Crippen molar-refractivity contribution in [2.45, 2.75) is 19.6 Å². The molecule has 0 heterocycles. The van der Waals surface area contributed by atoms with E-state index in [1.165, 1.54) is 7.11 Å². The number of rotatable bonds is 8. The Hall–Kier alpha value is -2.37. The fourth-order valence-electron chi connectivity index (χ4n) is 2.90. The quantitative estimate of drug-likeness (QED) is 0.452. The van der Waals surface area contributed by atoms with Crippen LogP contribution in [0, 0.1) is 5.92 Å². The van der Waals surface area contributed by atoms with E-state index in [1.807, 2.05) is 24.3 Å². The van der Waals surface area contributed by atoms with Crippen molar-refractivity contribution in [3.8, 4) is 5.75 Å². The van der Waals surface area contributed by atoms with Gasteiger partial charge in [-0.3, -0.25) is 4.79 Å². The summed E-state index contributed by atoms with van der Waals surface area (Å²) in [5, 5.41) is 0. The molecule has 0 spiro atoms. The van der Waals surface area contributed by atoms with Crippen molar-refractivity contribution >= 4 is 11.5 Å². The molecule has 2 N–H and O–H groups in total. The topological polar surface area (TPSA) is 70.8 Å². The minimum absolute atomic E-state index is 0.123. The molecular formula is C20H25NO4. The first kappa shape index (κ1) is 19.0. The fourth-order valence-corrected chi connectivity index (χ4v) is 2.90. The molecule has 0 bridgehead atoms. The Labute approximate surface area is 148 Å². The second-order valence-electron chi connectivity index (χ2n) is 5.97. The first-order valence-corrected chi connectivity index (χ1v) is 8.13. The molecule has 2 rings (SSSR count). The van der Waals surface area contributed by atoms with Gasteiger partial charge in [-0.05, 0) is 24.1 Å². The van der Waals surface area contributed by atoms with Crippen molar-refractivity contribution in [3.63, 3.8) is 0 Å². The van der Waals surface area contributed by atoms with Crippen LogP contribution in [0.5, 0.6) is 5.75 Å². The molecule has 5 heteroatoms. The van der Waals surface area contributed by atoms with E-state index in [0.717, 1.165) is 12.0 Å². The van der Waals surface area contributed by atoms with Gasteiger partial charge < -0.3 is 19.9 Å². The lowest BCUT2D eigenvalue weighted by atomic mass is 9.96. The van der Waals surface area contributed by atoms with Gasteiger partial charge in [-0.15, -0.1) is 0 Å². The molecule has 5 nitrogen and oxygen atoms in total. The van der Waals surface area contributed by atoms with Crippen LogP contribution in [0.3, 0.4) is 0 Å². The molecule has 0 aliphatic heterocycles. The molecular weight excluding hydrogens is 318 g/mol. The van der Waals surface area contributed by atoms with Crippen molar-refractivity contribution in [3.05, 3.63) is 59.2 Å². The van der Waals surface area contributed by atoms with E-state index in [4.69, 9.17) is 19.9 Å². The van der Waals surface area contributed by atoms with Gasteiger partial charge in [0.2, 0.25) is 0 Å². The second kappa shape index (κ2) is 8.65. The summed E-state index contributed by atoms with van der Waals surface area (Å²) in [5.41, 5.74) is 8.52. The van der Waals surface area contributed by atoms with E-state index in [1.54, 1.807) is 32.4 Å². The number of para-hydroxylation sites is 1. The Balaban J connectivity index is 2.16. The summed E-state index contributed by atoms with van der Waals surface area (Å²) in [6.45, 7) is 2.06. The number of nitrogens with two attached hydrogens (primary N) is 1. The van der Waals surface area contributed by atoms with Crippen LogP contribution in [-0.4, -0.2) is 33.4 Å². The van der Waals surface area contributed by atoms with Gasteiger partial charge in [-0.1, -0.05) is 37.3 Å². The third-order valence-electron chi connectivity index (χ3n) is 4.23. The van der Waals surface area contributed by atoms with E-state index in [-0.39, 0.29) is 18.0 Å². The molecule has 0 radical (unpaired) electrons. The molecule has 0 fully saturated rings. The molecule has 0 saturated carbocycles. The van der Waals surface area contributed by atoms with Gasteiger partial charge in [0.15, 0.2) is 12.1 Å². The molecule has 1 unspecified atom stereocenters. The van der Waals surface area contributed by atoms with Crippen LogP contribution in [0.1, 0.15) is 28.4 Å². The maximum atomic E-state index is 12.7. The first-order valence-electron chi connectivity index (χ1n) is 8.13. The highest BCUT2D eigenvalue weighted by atomic mass is 16.7. The minimum atomic E-state index is -0.252. The first-order chi connectivity index (χ1) is 12.0. The van der Waals surface area contributed by atoms with Gasteiger partial charge in [0.05, 0.1) is 12.8 Å². The number of nitrogen functional groups attached to an aromatic ring is 1. The highest BCUT2D eigenvalue weighted by Crippen LogP contribution is 2.27. The highest BCUT2D eigenvalue weighted by Gasteiger charge is 2.18. The average molecular weight is 343 g/mol. The summed E-state index contributed by atoms with van der Waals surface area (Å²) >= 11 is 0. The predicted molar refractivity (Wildman–Crippen MR) is 98.0 cm³/mol. The van der Waals surface area contributed by atoms with Crippen molar-refractivity contribution < 1.29 is 19.0 Å². The number of benzene rings is 2. The van der Waals surface area contributed by atoms with Crippen LogP contribution in [0.2, 0.25) is 0 Å². The Morgan fingerprint density at radius 1 is 1.04 bits per heavy atom. The molecule has 134 valence electrons. The lowest BCUT2D eigenvalue weighted by molar-refractivity contribution is -0.132. The molecule has 1 atom stereocenters. The smallest absolute Gasteiger partial charge is 0.195 e. The summed E-state index contributed by atoms with van der Waals surface area (Å²) in [7, 11) is 4.79. The monoisotopic (exact) mass is 343 g/mol. The van der Waals surface area contributed by atoms with Gasteiger partial charge in [0.1, 0.15) is 5.75 Å². The fraction of sp³-hybridized carbons (Fsp3) is 0.350. The summed E-state index contributed by atoms with van der Waals surface area (Å²) in [6.07, 6.45) is 0.542. The lowest BCUT2D eigenvalue weighted by Crippen LogP contribution is -2.24. The number of carbonyl (C=O) groups is 1. The normalized spacial score (nSPS) is 12.2. The molecule has 2 aromatic rings. The average Bonchev–Trinajstić information content (AvgIpc) is 2.63. The largest absolute Gasteiger partial charge is 0.495 e. The summed E-state index contributed by atoms with van der Waals surface area (Å²) in [5.74, 6) is 0.578. The Morgan fingerprint density at radius 3 is 2.24 bits per heavy atom. The molecule has 25 heavy (non-hydrogen) atoms. The number of anilines is 1. The van der Waals surface area contributed by atoms with Gasteiger partial charge in [-0.25, -0.2) is 0 Å². The molecule has 0 aromatic heterocycles. The Kier molecular flexibility index (Phi) is 6.56. The molecule has 2 aromatic carbocycles. The molecule has 0 aliphatic carbocycles. The van der Waals surface area contributed by atoms with Gasteiger partial charge in [-0.2, -0.15) is 0 Å². The van der Waals surface area contributed by atoms with E-state index >= 15 is 0 Å². The minimum Gasteiger partial charge on any atom is -0.495 e. The van der Waals surface area contributed by atoms with Crippen LogP contribution in [0.4, 0.5) is 5.69 Å². The van der Waals surface area contributed by atoms with Crippen LogP contribution >= 0.6 is 0 Å². The summed E-state index contributed by atoms with van der Waals surface area (Å²) in [6, 6.07) is 12.7. The van der Waals surface area contributed by atoms with Gasteiger partial charge >= 0.3 is 0 Å². The highest BCUT2D eigenvalue weighted by molar-refractivity contribution is 6.12. The summed E-state index contributed by atoms with van der Waals surface area (Å²) in [4.78, 5) is 12.7. The van der Waals surface area contributed by atoms with E-state index < -0.39 is 0 Å². The number of hydrogen-bond acceptors (Lipinski definition) is 5. The van der Waals surface area contributed by atoms with E-state index in [0.29, 0.717) is 22.6 Å². The van der Waals surface area contributed by atoms with Crippen LogP contribution in [-0.2, 0) is 15.9 Å². The number of ketones is 1. The predicted octanol–water partition coefficient (Wildman–Crippen LogP) is 3.31. The SMILES string of the molecule is COc1cccc(C(=O)c2ccc(CC(C)C(OC)OC)cc2)c1N. The number of hydrogen-bond donors (Lipinski definition) is 1. The zero-order valence-electron chi connectivity index (χ0n) is 15.1. The lowest BCUT2D eigenvalue weighted by Gasteiger charge is -2.21. The standard InChI is InChI=1S/C20H25NO4/c1-13(20(24-3)25-4)12-14-8-10-15(11-9-14)19(22)16-6-5-7-17(23-2)18(16)21/h5-11,13,20H,12,21H2,1-4H3. The van der Waals surface area contributed by atoms with Crippen LogP contribution in [0.25, 0.3) is 0 Å². The maximum absolute atomic E-state index is 12.7. The Morgan fingerprint density at radius 2 is 1.68 bits per heavy atom. The second-order valence-corrected chi connectivity index (χ2v) is 5.97. The van der Waals surface area contributed by atoms with Crippen LogP contribution < -0.4 is 10.5 Å². The molecule has 0 aliphatic rings. The van der Waals surface area contributed by atoms with Gasteiger partial charge in [0.25, 0.3) is 0 Å². The van der Waals surface area contributed by atoms with E-state index in [9.17, 15) is 4.79 Å². The molecule has 0 amide bonds. The van der Waals surface area contributed by atoms with Crippen molar-refractivity contribution in [1.82, 2.24) is 0 Å². The number of methoxy groups -OCH3 is 3. The number of ether oxygens (including phenoxy) is 3.